The lowest BCUT2D eigenvalue weighted by Gasteiger charge is -2.02. The number of hydrogen-bond acceptors (Lipinski definition) is 6. The number of furan rings is 1. The van der Waals surface area contributed by atoms with Crippen molar-refractivity contribution in [2.45, 2.75) is 39.2 Å². The quantitative estimate of drug-likeness (QED) is 0.755. The number of carbonyl (C=O) groups is 1. The molecule has 0 aliphatic carbocycles. The van der Waals surface area contributed by atoms with Crippen LogP contribution in [0.15, 0.2) is 22.6 Å². The lowest BCUT2D eigenvalue weighted by atomic mass is 10.1. The molecular formula is C18H19N3O3S. The summed E-state index contributed by atoms with van der Waals surface area (Å²) in [5.41, 5.74) is 2.78. The molecule has 0 bridgehead atoms. The first-order valence-electron chi connectivity index (χ1n) is 8.44. The van der Waals surface area contributed by atoms with Gasteiger partial charge in [0.05, 0.1) is 0 Å². The van der Waals surface area contributed by atoms with Crippen LogP contribution in [0.5, 0.6) is 0 Å². The van der Waals surface area contributed by atoms with E-state index in [1.807, 2.05) is 19.1 Å². The smallest absolute Gasteiger partial charge is 0.293 e. The minimum atomic E-state index is -0.304. The van der Waals surface area contributed by atoms with E-state index in [0.29, 0.717) is 10.9 Å². The van der Waals surface area contributed by atoms with Crippen LogP contribution in [-0.2, 0) is 11.2 Å². The summed E-state index contributed by atoms with van der Waals surface area (Å²) in [6.07, 6.45) is 2.93. The predicted molar refractivity (Wildman–Crippen MR) is 96.1 cm³/mol. The molecule has 1 amide bonds. The average Bonchev–Trinajstić information content (AvgIpc) is 3.35. The number of nitrogens with zero attached hydrogens (tertiary/aromatic N) is 2. The maximum atomic E-state index is 12.6. The van der Waals surface area contributed by atoms with E-state index in [4.69, 9.17) is 9.15 Å². The van der Waals surface area contributed by atoms with Crippen LogP contribution in [0.1, 0.15) is 52.6 Å². The molecule has 6 nitrogen and oxygen atoms in total. The molecule has 3 heterocycles. The first-order chi connectivity index (χ1) is 12.2. The van der Waals surface area contributed by atoms with Gasteiger partial charge in [0.2, 0.25) is 5.13 Å². The van der Waals surface area contributed by atoms with E-state index >= 15 is 0 Å². The Balaban J connectivity index is 1.56. The largest absolute Gasteiger partial charge is 0.451 e. The lowest BCUT2D eigenvalue weighted by molar-refractivity contribution is 0.0998. The molecule has 1 atom stereocenters. The summed E-state index contributed by atoms with van der Waals surface area (Å²) in [4.78, 5) is 12.6. The topological polar surface area (TPSA) is 77.3 Å². The number of ether oxygens (including phenoxy) is 1. The van der Waals surface area contributed by atoms with E-state index in [2.05, 4.69) is 28.5 Å². The van der Waals surface area contributed by atoms with Crippen molar-refractivity contribution in [3.8, 4) is 0 Å². The highest BCUT2D eigenvalue weighted by Gasteiger charge is 2.24. The third-order valence-electron chi connectivity index (χ3n) is 4.48. The van der Waals surface area contributed by atoms with Crippen molar-refractivity contribution in [2.24, 2.45) is 0 Å². The van der Waals surface area contributed by atoms with Crippen LogP contribution in [0, 0.1) is 6.92 Å². The van der Waals surface area contributed by atoms with Crippen molar-refractivity contribution in [3.05, 3.63) is 40.1 Å². The Hall–Kier alpha value is -2.25. The van der Waals surface area contributed by atoms with Gasteiger partial charge in [0.25, 0.3) is 5.91 Å². The first kappa shape index (κ1) is 16.2. The number of benzene rings is 1. The number of aromatic nitrogens is 2. The average molecular weight is 357 g/mol. The van der Waals surface area contributed by atoms with Gasteiger partial charge >= 0.3 is 0 Å². The molecule has 0 radical (unpaired) electrons. The standard InChI is InChI=1S/C18H19N3O3S/c1-3-11-6-7-13-12(9-11)10(2)15(24-13)16(22)19-18-21-20-17(25-18)14-5-4-8-23-14/h6-7,9,14H,3-5,8H2,1-2H3,(H,19,21,22). The summed E-state index contributed by atoms with van der Waals surface area (Å²) in [5, 5.41) is 13.2. The second kappa shape index (κ2) is 6.57. The number of amides is 1. The number of nitrogens with one attached hydrogen (secondary N) is 1. The molecular weight excluding hydrogens is 338 g/mol. The zero-order valence-corrected chi connectivity index (χ0v) is 15.0. The fraction of sp³-hybridized carbons (Fsp3) is 0.389. The Labute approximate surface area is 149 Å². The van der Waals surface area contributed by atoms with Crippen molar-refractivity contribution in [3.63, 3.8) is 0 Å². The van der Waals surface area contributed by atoms with Gasteiger partial charge in [0, 0.05) is 17.6 Å². The maximum Gasteiger partial charge on any atom is 0.293 e. The van der Waals surface area contributed by atoms with Crippen molar-refractivity contribution >= 4 is 33.3 Å². The summed E-state index contributed by atoms with van der Waals surface area (Å²) in [7, 11) is 0. The minimum absolute atomic E-state index is 0.00329. The molecule has 1 saturated heterocycles. The summed E-state index contributed by atoms with van der Waals surface area (Å²) in [5.74, 6) is 0.0129. The van der Waals surface area contributed by atoms with Crippen LogP contribution in [-0.4, -0.2) is 22.7 Å². The number of rotatable bonds is 4. The molecule has 3 aromatic rings. The van der Waals surface area contributed by atoms with Crippen molar-refractivity contribution < 1.29 is 13.9 Å². The summed E-state index contributed by atoms with van der Waals surface area (Å²) < 4.78 is 11.4. The zero-order chi connectivity index (χ0) is 17.4. The van der Waals surface area contributed by atoms with E-state index in [-0.39, 0.29) is 12.0 Å². The Bertz CT molecular complexity index is 925. The van der Waals surface area contributed by atoms with Gasteiger partial charge in [-0.1, -0.05) is 24.3 Å². The van der Waals surface area contributed by atoms with Gasteiger partial charge in [-0.2, -0.15) is 0 Å². The van der Waals surface area contributed by atoms with Crippen molar-refractivity contribution in [1.82, 2.24) is 10.2 Å². The fourth-order valence-electron chi connectivity index (χ4n) is 3.05. The number of aryl methyl sites for hydroxylation is 2. The summed E-state index contributed by atoms with van der Waals surface area (Å²) in [6.45, 7) is 4.76. The number of hydrogen-bond donors (Lipinski definition) is 1. The normalized spacial score (nSPS) is 17.3. The minimum Gasteiger partial charge on any atom is -0.451 e. The molecule has 0 saturated carbocycles. The molecule has 1 N–H and O–H groups in total. The molecule has 1 aliphatic rings. The zero-order valence-electron chi connectivity index (χ0n) is 14.2. The highest BCUT2D eigenvalue weighted by atomic mass is 32.1. The molecule has 130 valence electrons. The van der Waals surface area contributed by atoms with E-state index in [1.54, 1.807) is 0 Å². The second-order valence-corrected chi connectivity index (χ2v) is 7.15. The Morgan fingerprint density at radius 3 is 3.04 bits per heavy atom. The van der Waals surface area contributed by atoms with Crippen molar-refractivity contribution in [2.75, 3.05) is 11.9 Å². The first-order valence-corrected chi connectivity index (χ1v) is 9.25. The van der Waals surface area contributed by atoms with Crippen LogP contribution in [0.25, 0.3) is 11.0 Å². The molecule has 2 aromatic heterocycles. The molecule has 1 aromatic carbocycles. The molecule has 1 aliphatic heterocycles. The van der Waals surface area contributed by atoms with Gasteiger partial charge in [0.15, 0.2) is 5.76 Å². The monoisotopic (exact) mass is 357 g/mol. The molecule has 25 heavy (non-hydrogen) atoms. The van der Waals surface area contributed by atoms with Crippen LogP contribution < -0.4 is 5.32 Å². The van der Waals surface area contributed by atoms with Gasteiger partial charge in [-0.05, 0) is 43.9 Å². The van der Waals surface area contributed by atoms with Crippen LogP contribution in [0.2, 0.25) is 0 Å². The SMILES string of the molecule is CCc1ccc2oc(C(=O)Nc3nnc(C4CCCO4)s3)c(C)c2c1. The van der Waals surface area contributed by atoms with E-state index in [0.717, 1.165) is 47.4 Å². The van der Waals surface area contributed by atoms with E-state index < -0.39 is 0 Å². The second-order valence-electron chi connectivity index (χ2n) is 6.14. The maximum absolute atomic E-state index is 12.6. The summed E-state index contributed by atoms with van der Waals surface area (Å²) in [6, 6.07) is 6.01. The third-order valence-corrected chi connectivity index (χ3v) is 5.41. The molecule has 0 spiro atoms. The fourth-order valence-corrected chi connectivity index (χ4v) is 3.87. The van der Waals surface area contributed by atoms with Gasteiger partial charge in [-0.3, -0.25) is 10.1 Å². The van der Waals surface area contributed by atoms with E-state index in [1.165, 1.54) is 16.9 Å². The van der Waals surface area contributed by atoms with Crippen molar-refractivity contribution in [1.29, 1.82) is 0 Å². The predicted octanol–water partition coefficient (Wildman–Crippen LogP) is 4.26. The molecule has 4 rings (SSSR count). The lowest BCUT2D eigenvalue weighted by Crippen LogP contribution is -2.11. The number of fused-ring (bicyclic) bond motifs is 1. The number of anilines is 1. The third kappa shape index (κ3) is 3.05. The van der Waals surface area contributed by atoms with Gasteiger partial charge in [-0.25, -0.2) is 0 Å². The molecule has 1 unspecified atom stereocenters. The van der Waals surface area contributed by atoms with Crippen LogP contribution >= 0.6 is 11.3 Å². The van der Waals surface area contributed by atoms with E-state index in [9.17, 15) is 4.79 Å². The highest BCUT2D eigenvalue weighted by Crippen LogP contribution is 2.32. The Morgan fingerprint density at radius 1 is 1.40 bits per heavy atom. The highest BCUT2D eigenvalue weighted by molar-refractivity contribution is 7.15. The van der Waals surface area contributed by atoms with Gasteiger partial charge < -0.3 is 9.15 Å². The Kier molecular flexibility index (Phi) is 4.27. The van der Waals surface area contributed by atoms with Gasteiger partial charge in [0.1, 0.15) is 16.7 Å². The Morgan fingerprint density at radius 2 is 2.28 bits per heavy atom. The number of carbonyl (C=O) groups excluding carboxylic acids is 1. The van der Waals surface area contributed by atoms with Gasteiger partial charge in [-0.15, -0.1) is 10.2 Å². The van der Waals surface area contributed by atoms with Crippen LogP contribution in [0.3, 0.4) is 0 Å². The van der Waals surface area contributed by atoms with Crippen LogP contribution in [0.4, 0.5) is 5.13 Å². The molecule has 7 heteroatoms. The molecule has 1 fully saturated rings. The summed E-state index contributed by atoms with van der Waals surface area (Å²) >= 11 is 1.35.